The van der Waals surface area contributed by atoms with Crippen LogP contribution in [0.5, 0.6) is 0 Å². The van der Waals surface area contributed by atoms with Gasteiger partial charge in [0.25, 0.3) is 0 Å². The van der Waals surface area contributed by atoms with Crippen molar-refractivity contribution in [2.45, 2.75) is 12.3 Å². The zero-order valence-electron chi connectivity index (χ0n) is 33.2. The summed E-state index contributed by atoms with van der Waals surface area (Å²) in [6.07, 6.45) is 2.07. The van der Waals surface area contributed by atoms with Crippen molar-refractivity contribution < 1.29 is 57.7 Å². The molecule has 0 unspecified atom stereocenters. The van der Waals surface area contributed by atoms with E-state index in [1.54, 1.807) is 0 Å². The van der Waals surface area contributed by atoms with Crippen molar-refractivity contribution in [3.05, 3.63) is 254 Å². The van der Waals surface area contributed by atoms with Gasteiger partial charge in [0.05, 0.1) is 12.3 Å². The Morgan fingerprint density at radius 2 is 0.355 bits per heavy atom. The molecule has 0 nitrogen and oxygen atoms in total. The summed E-state index contributed by atoms with van der Waals surface area (Å²) in [5.41, 5.74) is 2.77. The van der Waals surface area contributed by atoms with Crippen LogP contribution in [0.2, 0.25) is 0 Å². The molecule has 0 spiro atoms. The first kappa shape index (κ1) is 48.1. The van der Waals surface area contributed by atoms with E-state index in [0.29, 0.717) is 0 Å². The monoisotopic (exact) mass is 968 g/mol. The van der Waals surface area contributed by atoms with Crippen molar-refractivity contribution in [2.75, 3.05) is 0 Å². The van der Waals surface area contributed by atoms with Gasteiger partial charge in [-0.25, -0.2) is 0 Å². The quantitative estimate of drug-likeness (QED) is 0.0728. The fraction of sp³-hybridized carbons (Fsp3) is 0.0400. The van der Waals surface area contributed by atoms with Crippen molar-refractivity contribution in [1.29, 1.82) is 0 Å². The first-order chi connectivity index (χ1) is 29.8. The van der Waals surface area contributed by atoms with Crippen LogP contribution in [-0.2, 0) is 41.6 Å². The molecule has 0 saturated carbocycles. The summed E-state index contributed by atoms with van der Waals surface area (Å²) in [6, 6.07) is 88.1. The molecule has 0 atom stereocenters. The van der Waals surface area contributed by atoms with Gasteiger partial charge in [-0.15, -0.1) is 0 Å². The van der Waals surface area contributed by atoms with E-state index in [0.717, 1.165) is 12.3 Å². The smallest absolute Gasteiger partial charge is 0.0622 e. The molecule has 0 N–H and O–H groups in total. The van der Waals surface area contributed by atoms with Gasteiger partial charge in [-0.3, -0.25) is 0 Å². The van der Waals surface area contributed by atoms with Gasteiger partial charge in [-0.2, -0.15) is 0 Å². The molecule has 0 fully saturated rings. The minimum atomic E-state index is -6.62. The molecule has 62 heavy (non-hydrogen) atoms. The van der Waals surface area contributed by atoms with Crippen LogP contribution in [0.1, 0.15) is 11.1 Å². The normalized spacial score (nSPS) is 11.9. The maximum absolute atomic E-state index is 9.83. The van der Waals surface area contributed by atoms with Gasteiger partial charge in [0.15, 0.2) is 0 Å². The van der Waals surface area contributed by atoms with Gasteiger partial charge in [0.2, 0.25) is 0 Å². The minimum Gasteiger partial charge on any atom is -0.0622 e. The first-order valence-electron chi connectivity index (χ1n) is 19.1. The van der Waals surface area contributed by atoms with Crippen molar-refractivity contribution in [1.82, 2.24) is 0 Å². The Balaban J connectivity index is 0.000000193. The van der Waals surface area contributed by atoms with Gasteiger partial charge < -0.3 is 0 Å². The fourth-order valence-electron chi connectivity index (χ4n) is 7.25. The van der Waals surface area contributed by atoms with E-state index in [2.05, 4.69) is 243 Å². The van der Waals surface area contributed by atoms with E-state index in [-0.39, 0.29) is 0 Å². The Labute approximate surface area is 368 Å². The van der Waals surface area contributed by atoms with Crippen LogP contribution < -0.4 is 31.8 Å². The Bertz CT molecular complexity index is 2050. The third-order valence-electron chi connectivity index (χ3n) is 9.71. The van der Waals surface area contributed by atoms with Crippen LogP contribution >= 0.6 is 14.5 Å². The molecule has 8 aromatic carbocycles. The zero-order chi connectivity index (χ0) is 44.3. The second kappa shape index (κ2) is 23.5. The van der Waals surface area contributed by atoms with Crippen LogP contribution in [0.25, 0.3) is 0 Å². The molecule has 0 bridgehead atoms. The molecular weight excluding hydrogens is 924 g/mol. The average Bonchev–Trinajstić information content (AvgIpc) is 3.29. The van der Waals surface area contributed by atoms with Crippen molar-refractivity contribution in [2.24, 2.45) is 0 Å². The third-order valence-corrected chi connectivity index (χ3v) is 18.5. The molecular formula is C50H44F8Mn2P2. The van der Waals surface area contributed by atoms with E-state index in [1.807, 2.05) is 0 Å². The SMILES string of the molecule is [F][Mn-]([F])([F])[F].[F][Mn-]([F])([F])[F].c1ccc(C[P+](c2ccccc2)(c2ccccc2)c2ccccc2)cc1.c1ccc(C[P+](c2ccccc2)(c2ccccc2)c2ccccc2)cc1. The first-order valence-corrected chi connectivity index (χ1v) is 26.6. The molecule has 12 heteroatoms. The van der Waals surface area contributed by atoms with E-state index in [4.69, 9.17) is 0 Å². The van der Waals surface area contributed by atoms with Crippen LogP contribution in [0, 0.1) is 0 Å². The van der Waals surface area contributed by atoms with Crippen LogP contribution in [0.3, 0.4) is 0 Å². The van der Waals surface area contributed by atoms with E-state index < -0.39 is 43.8 Å². The van der Waals surface area contributed by atoms with Crippen LogP contribution in [0.4, 0.5) is 28.4 Å². The predicted octanol–water partition coefficient (Wildman–Crippen LogP) is 13.7. The van der Waals surface area contributed by atoms with Crippen molar-refractivity contribution in [3.63, 3.8) is 0 Å². The number of hydrogen-bond acceptors (Lipinski definition) is 0. The van der Waals surface area contributed by atoms with Gasteiger partial charge >= 0.3 is 57.7 Å². The Hall–Kier alpha value is -4.90. The zero-order valence-corrected chi connectivity index (χ0v) is 37.3. The second-order valence-corrected chi connectivity index (χ2v) is 22.6. The molecule has 0 aliphatic heterocycles. The van der Waals surface area contributed by atoms with Gasteiger partial charge in [0.1, 0.15) is 46.4 Å². The Morgan fingerprint density at radius 3 is 0.500 bits per heavy atom. The molecule has 0 amide bonds. The standard InChI is InChI=1S/2C25H22P.8FH.2Mn/c2*1-5-13-22(14-6-1)21-26(23-15-7-2-8-16-23,24-17-9-3-10-18-24)25-19-11-4-12-20-25;;;;;;;;;;/h2*1-20H,21H2;8*1H;;/q2*+1;;;;;;;;;2*+3/p-8. The maximum Gasteiger partial charge on any atom is 0.116 e. The Kier molecular flexibility index (Phi) is 18.3. The summed E-state index contributed by atoms with van der Waals surface area (Å²) in [7, 11) is -3.55. The number of benzene rings is 8. The Morgan fingerprint density at radius 1 is 0.226 bits per heavy atom. The van der Waals surface area contributed by atoms with E-state index >= 15 is 0 Å². The van der Waals surface area contributed by atoms with E-state index in [9.17, 15) is 28.4 Å². The molecule has 0 saturated heterocycles. The molecule has 8 rings (SSSR count). The molecule has 0 heterocycles. The molecule has 0 radical (unpaired) electrons. The van der Waals surface area contributed by atoms with Gasteiger partial charge in [0, 0.05) is 0 Å². The van der Waals surface area contributed by atoms with Crippen molar-refractivity contribution in [3.8, 4) is 0 Å². The molecule has 0 aliphatic carbocycles. The van der Waals surface area contributed by atoms with Crippen LogP contribution in [0.15, 0.2) is 243 Å². The predicted molar refractivity (Wildman–Crippen MR) is 239 cm³/mol. The summed E-state index contributed by atoms with van der Waals surface area (Å²) in [6.45, 7) is 0. The topological polar surface area (TPSA) is 0 Å². The molecule has 324 valence electrons. The molecule has 0 aliphatic rings. The van der Waals surface area contributed by atoms with Gasteiger partial charge in [-0.05, 0) is 83.9 Å². The second-order valence-electron chi connectivity index (χ2n) is 13.6. The molecule has 8 aromatic rings. The minimum absolute atomic E-state index is 1.03. The fourth-order valence-corrected chi connectivity index (χ4v) is 15.7. The largest absolute Gasteiger partial charge is 0.116 e. The summed E-state index contributed by atoms with van der Waals surface area (Å²) in [4.78, 5) is 0. The summed E-state index contributed by atoms with van der Waals surface area (Å²) in [5, 5.41) is 8.59. The summed E-state index contributed by atoms with van der Waals surface area (Å²) < 4.78 is 78.6. The average molecular weight is 969 g/mol. The van der Waals surface area contributed by atoms with Crippen LogP contribution in [-0.4, -0.2) is 0 Å². The number of halogens is 8. The van der Waals surface area contributed by atoms with E-state index in [1.165, 1.54) is 43.0 Å². The summed E-state index contributed by atoms with van der Waals surface area (Å²) >= 11 is -13.2. The summed E-state index contributed by atoms with van der Waals surface area (Å²) in [5.74, 6) is 0. The number of hydrogen-bond donors (Lipinski definition) is 0. The van der Waals surface area contributed by atoms with Crippen molar-refractivity contribution >= 4 is 46.4 Å². The number of rotatable bonds is 10. The third kappa shape index (κ3) is 14.6. The molecule has 0 aromatic heterocycles. The van der Waals surface area contributed by atoms with Gasteiger partial charge in [-0.1, -0.05) is 170 Å². The maximum atomic E-state index is 9.83.